The number of hydrogen-bond acceptors (Lipinski definition) is 5. The Kier molecular flexibility index (Phi) is 8.97. The fourth-order valence-corrected chi connectivity index (χ4v) is 5.29. The first kappa shape index (κ1) is 23.4. The van der Waals surface area contributed by atoms with Crippen LogP contribution < -0.4 is 10.6 Å². The van der Waals surface area contributed by atoms with Crippen molar-refractivity contribution >= 4 is 39.8 Å². The molecule has 2 saturated heterocycles. The number of sulfone groups is 1. The molecule has 2 heterocycles. The molecule has 2 N–H and O–H groups in total. The highest BCUT2D eigenvalue weighted by Crippen LogP contribution is 2.13. The van der Waals surface area contributed by atoms with Crippen LogP contribution in [-0.4, -0.2) is 69.7 Å². The van der Waals surface area contributed by atoms with Crippen molar-refractivity contribution in [1.29, 1.82) is 0 Å². The Morgan fingerprint density at radius 2 is 2.14 bits per heavy atom. The average Bonchev–Trinajstić information content (AvgIpc) is 2.97. The van der Waals surface area contributed by atoms with Crippen molar-refractivity contribution in [2.24, 2.45) is 4.99 Å². The molecule has 2 aliphatic heterocycles. The van der Waals surface area contributed by atoms with E-state index < -0.39 is 9.84 Å². The highest BCUT2D eigenvalue weighted by Gasteiger charge is 2.28. The highest BCUT2D eigenvalue weighted by molar-refractivity contribution is 14.0. The number of ether oxygens (including phenoxy) is 1. The van der Waals surface area contributed by atoms with Gasteiger partial charge >= 0.3 is 0 Å². The number of nitrogens with one attached hydrogen (secondary N) is 2. The summed E-state index contributed by atoms with van der Waals surface area (Å²) in [5, 5.41) is 6.50. The molecule has 0 amide bonds. The van der Waals surface area contributed by atoms with Crippen LogP contribution in [0.1, 0.15) is 24.5 Å². The summed E-state index contributed by atoms with van der Waals surface area (Å²) in [7, 11) is -1.20. The molecule has 28 heavy (non-hydrogen) atoms. The maximum atomic E-state index is 11.6. The zero-order chi connectivity index (χ0) is 19.3. The van der Waals surface area contributed by atoms with Crippen molar-refractivity contribution in [1.82, 2.24) is 15.5 Å². The molecule has 0 radical (unpaired) electrons. The van der Waals surface area contributed by atoms with E-state index in [1.807, 2.05) is 0 Å². The zero-order valence-electron chi connectivity index (χ0n) is 16.6. The van der Waals surface area contributed by atoms with Gasteiger partial charge in [0.15, 0.2) is 15.8 Å². The molecule has 2 atom stereocenters. The number of morpholine rings is 1. The molecule has 1 aromatic rings. The third-order valence-electron chi connectivity index (χ3n) is 4.98. The monoisotopic (exact) mass is 522 g/mol. The quantitative estimate of drug-likeness (QED) is 0.346. The summed E-state index contributed by atoms with van der Waals surface area (Å²) in [6.07, 6.45) is 0.925. The van der Waals surface area contributed by atoms with Crippen molar-refractivity contribution in [3.63, 3.8) is 0 Å². The second-order valence-electron chi connectivity index (χ2n) is 7.41. The molecule has 7 nitrogen and oxygen atoms in total. The van der Waals surface area contributed by atoms with Crippen LogP contribution in [0.5, 0.6) is 0 Å². The van der Waals surface area contributed by atoms with Gasteiger partial charge in [0.1, 0.15) is 0 Å². The Labute approximate surface area is 185 Å². The molecule has 3 rings (SSSR count). The van der Waals surface area contributed by atoms with Crippen molar-refractivity contribution < 1.29 is 13.2 Å². The van der Waals surface area contributed by atoms with Gasteiger partial charge in [-0.25, -0.2) is 8.42 Å². The normalized spacial score (nSPS) is 25.1. The van der Waals surface area contributed by atoms with E-state index in [1.54, 1.807) is 7.05 Å². The molecule has 2 unspecified atom stereocenters. The predicted molar refractivity (Wildman–Crippen MR) is 123 cm³/mol. The minimum atomic E-state index is -2.90. The summed E-state index contributed by atoms with van der Waals surface area (Å²) in [6, 6.07) is 8.47. The number of benzene rings is 1. The van der Waals surface area contributed by atoms with Crippen LogP contribution >= 0.6 is 24.0 Å². The predicted octanol–water partition coefficient (Wildman–Crippen LogP) is 1.38. The first-order valence-electron chi connectivity index (χ1n) is 9.53. The molecule has 9 heteroatoms. The van der Waals surface area contributed by atoms with E-state index in [2.05, 4.69) is 51.7 Å². The van der Waals surface area contributed by atoms with Gasteiger partial charge in [0.2, 0.25) is 0 Å². The molecule has 0 aromatic heterocycles. The molecule has 2 fully saturated rings. The molecule has 2 aliphatic rings. The van der Waals surface area contributed by atoms with E-state index in [-0.39, 0.29) is 47.6 Å². The molecule has 0 aliphatic carbocycles. The minimum absolute atomic E-state index is 0. The molecule has 1 aromatic carbocycles. The summed E-state index contributed by atoms with van der Waals surface area (Å²) in [6.45, 7) is 6.40. The average molecular weight is 522 g/mol. The summed E-state index contributed by atoms with van der Waals surface area (Å²) in [5.41, 5.74) is 2.46. The number of aliphatic imine (C=N–C) groups is 1. The van der Waals surface area contributed by atoms with Gasteiger partial charge in [-0.1, -0.05) is 24.3 Å². The van der Waals surface area contributed by atoms with E-state index in [1.165, 1.54) is 11.1 Å². The smallest absolute Gasteiger partial charge is 0.191 e. The largest absolute Gasteiger partial charge is 0.376 e. The third-order valence-corrected chi connectivity index (χ3v) is 6.75. The van der Waals surface area contributed by atoms with Gasteiger partial charge in [-0.15, -0.1) is 24.0 Å². The van der Waals surface area contributed by atoms with Gasteiger partial charge in [0.25, 0.3) is 0 Å². The van der Waals surface area contributed by atoms with E-state index in [0.29, 0.717) is 18.9 Å². The molecule has 0 saturated carbocycles. The van der Waals surface area contributed by atoms with Gasteiger partial charge in [0, 0.05) is 39.3 Å². The van der Waals surface area contributed by atoms with E-state index in [9.17, 15) is 8.42 Å². The van der Waals surface area contributed by atoms with E-state index in [0.717, 1.165) is 26.2 Å². The first-order valence-corrected chi connectivity index (χ1v) is 11.3. The Bertz CT molecular complexity index is 772. The van der Waals surface area contributed by atoms with Crippen LogP contribution in [0.2, 0.25) is 0 Å². The van der Waals surface area contributed by atoms with Crippen LogP contribution in [0.15, 0.2) is 29.3 Å². The topological polar surface area (TPSA) is 83.0 Å². The molecular formula is C19H31IN4O3S. The van der Waals surface area contributed by atoms with Crippen molar-refractivity contribution in [2.75, 3.05) is 38.2 Å². The Morgan fingerprint density at radius 3 is 2.82 bits per heavy atom. The number of halogens is 1. The maximum Gasteiger partial charge on any atom is 0.191 e. The minimum Gasteiger partial charge on any atom is -0.376 e. The van der Waals surface area contributed by atoms with Crippen LogP contribution in [0.3, 0.4) is 0 Å². The highest BCUT2D eigenvalue weighted by atomic mass is 127. The fourth-order valence-electron chi connectivity index (χ4n) is 3.61. The summed E-state index contributed by atoms with van der Waals surface area (Å²) >= 11 is 0. The second-order valence-corrected chi connectivity index (χ2v) is 9.64. The number of rotatable bonds is 5. The van der Waals surface area contributed by atoms with Gasteiger partial charge in [-0.3, -0.25) is 9.89 Å². The van der Waals surface area contributed by atoms with Gasteiger partial charge in [0.05, 0.1) is 24.2 Å². The Hall–Kier alpha value is -0.910. The van der Waals surface area contributed by atoms with Crippen molar-refractivity contribution in [3.05, 3.63) is 35.4 Å². The van der Waals surface area contributed by atoms with Crippen molar-refractivity contribution in [2.45, 2.75) is 38.6 Å². The van der Waals surface area contributed by atoms with Gasteiger partial charge in [-0.05, 0) is 24.5 Å². The number of hydrogen-bond donors (Lipinski definition) is 2. The maximum absolute atomic E-state index is 11.6. The SMILES string of the molecule is CN=C(NCc1cccc(CN2CCOC(C)C2)c1)NC1CCS(=O)(=O)C1.I. The summed E-state index contributed by atoms with van der Waals surface area (Å²) in [4.78, 5) is 6.63. The lowest BCUT2D eigenvalue weighted by atomic mass is 10.1. The van der Waals surface area contributed by atoms with E-state index >= 15 is 0 Å². The van der Waals surface area contributed by atoms with Gasteiger partial charge in [-0.2, -0.15) is 0 Å². The standard InChI is InChI=1S/C19H30N4O3S.HI/c1-15-12-23(7-8-26-15)13-17-5-3-4-16(10-17)11-21-19(20-2)22-18-6-9-27(24,25)14-18;/h3-5,10,15,18H,6-9,11-14H2,1-2H3,(H2,20,21,22);1H. The molecule has 0 bridgehead atoms. The van der Waals surface area contributed by atoms with Crippen LogP contribution in [0, 0.1) is 0 Å². The number of nitrogens with zero attached hydrogens (tertiary/aromatic N) is 2. The Morgan fingerprint density at radius 1 is 1.36 bits per heavy atom. The fraction of sp³-hybridized carbons (Fsp3) is 0.632. The van der Waals surface area contributed by atoms with Crippen LogP contribution in [0.4, 0.5) is 0 Å². The van der Waals surface area contributed by atoms with Crippen LogP contribution in [0.25, 0.3) is 0 Å². The molecule has 158 valence electrons. The summed E-state index contributed by atoms with van der Waals surface area (Å²) < 4.78 is 28.8. The van der Waals surface area contributed by atoms with Gasteiger partial charge < -0.3 is 15.4 Å². The van der Waals surface area contributed by atoms with E-state index in [4.69, 9.17) is 4.74 Å². The number of guanidine groups is 1. The first-order chi connectivity index (χ1) is 12.9. The zero-order valence-corrected chi connectivity index (χ0v) is 19.7. The van der Waals surface area contributed by atoms with Crippen LogP contribution in [-0.2, 0) is 27.7 Å². The lowest BCUT2D eigenvalue weighted by Gasteiger charge is -2.31. The second kappa shape index (κ2) is 10.7. The summed E-state index contributed by atoms with van der Waals surface area (Å²) in [5.74, 6) is 1.08. The third kappa shape index (κ3) is 7.16. The van der Waals surface area contributed by atoms with Crippen molar-refractivity contribution in [3.8, 4) is 0 Å². The molecule has 0 spiro atoms. The Balaban J connectivity index is 0.00000280. The molecular weight excluding hydrogens is 491 g/mol. The lowest BCUT2D eigenvalue weighted by molar-refractivity contribution is -0.0212. The lowest BCUT2D eigenvalue weighted by Crippen LogP contribution is -2.43.